The van der Waals surface area contributed by atoms with Gasteiger partial charge in [0.25, 0.3) is 5.91 Å². The maximum absolute atomic E-state index is 11.7. The van der Waals surface area contributed by atoms with Crippen molar-refractivity contribution in [3.63, 3.8) is 0 Å². The molecule has 0 spiro atoms. The number of hydrazone groups is 1. The summed E-state index contributed by atoms with van der Waals surface area (Å²) in [6.45, 7) is 1.92. The molecule has 0 heterocycles. The Morgan fingerprint density at radius 3 is 2.75 bits per heavy atom. The van der Waals surface area contributed by atoms with Crippen molar-refractivity contribution in [1.82, 2.24) is 5.43 Å². The minimum absolute atomic E-state index is 0.189. The van der Waals surface area contributed by atoms with Gasteiger partial charge in [0, 0.05) is 17.3 Å². The Kier molecular flexibility index (Phi) is 7.09. The largest absolute Gasteiger partial charge is 0.482 e. The second-order valence-electron chi connectivity index (χ2n) is 5.26. The van der Waals surface area contributed by atoms with Gasteiger partial charge in [-0.15, -0.1) is 0 Å². The summed E-state index contributed by atoms with van der Waals surface area (Å²) in [6, 6.07) is 14.9. The highest BCUT2D eigenvalue weighted by Crippen LogP contribution is 2.27. The number of nitrogens with zero attached hydrogens (tertiary/aromatic N) is 1. The highest BCUT2D eigenvalue weighted by Gasteiger charge is 2.06. The lowest BCUT2D eigenvalue weighted by Crippen LogP contribution is -2.24. The van der Waals surface area contributed by atoms with E-state index in [4.69, 9.17) is 27.9 Å². The van der Waals surface area contributed by atoms with Crippen LogP contribution in [0, 0.1) is 0 Å². The molecule has 0 saturated carbocycles. The van der Waals surface area contributed by atoms with Crippen LogP contribution in [0.25, 0.3) is 0 Å². The third-order valence-corrected chi connectivity index (χ3v) is 3.91. The number of nitrogens with one attached hydrogen (secondary N) is 1. The molecule has 0 aliphatic heterocycles. The zero-order valence-electron chi connectivity index (χ0n) is 13.2. The Bertz CT molecular complexity index is 705. The minimum Gasteiger partial charge on any atom is -0.482 e. The molecule has 0 aromatic heterocycles. The van der Waals surface area contributed by atoms with Crippen LogP contribution in [0.1, 0.15) is 24.8 Å². The molecule has 126 valence electrons. The van der Waals surface area contributed by atoms with Crippen LogP contribution in [-0.2, 0) is 4.79 Å². The monoisotopic (exact) mass is 364 g/mol. The van der Waals surface area contributed by atoms with E-state index < -0.39 is 0 Å². The predicted octanol–water partition coefficient (Wildman–Crippen LogP) is 4.67. The number of halogens is 2. The van der Waals surface area contributed by atoms with Gasteiger partial charge in [-0.25, -0.2) is 5.43 Å². The van der Waals surface area contributed by atoms with Crippen molar-refractivity contribution in [2.75, 3.05) is 6.61 Å². The molecule has 4 nitrogen and oxygen atoms in total. The fourth-order valence-electron chi connectivity index (χ4n) is 2.01. The molecular formula is C18H18Cl2N2O2. The number of hydrogen-bond donors (Lipinski definition) is 1. The Morgan fingerprint density at radius 1 is 1.25 bits per heavy atom. The molecule has 24 heavy (non-hydrogen) atoms. The van der Waals surface area contributed by atoms with Crippen molar-refractivity contribution in [2.45, 2.75) is 19.3 Å². The van der Waals surface area contributed by atoms with Gasteiger partial charge in [-0.2, -0.15) is 5.10 Å². The van der Waals surface area contributed by atoms with Crippen LogP contribution in [0.5, 0.6) is 5.75 Å². The summed E-state index contributed by atoms with van der Waals surface area (Å²) in [5, 5.41) is 4.81. The summed E-state index contributed by atoms with van der Waals surface area (Å²) in [4.78, 5) is 11.7. The molecule has 2 aromatic carbocycles. The van der Waals surface area contributed by atoms with E-state index in [2.05, 4.69) is 29.6 Å². The first-order valence-electron chi connectivity index (χ1n) is 7.49. The van der Waals surface area contributed by atoms with E-state index in [1.807, 2.05) is 18.2 Å². The fraction of sp³-hybridized carbons (Fsp3) is 0.222. The highest BCUT2D eigenvalue weighted by atomic mass is 35.5. The molecule has 2 aromatic rings. The summed E-state index contributed by atoms with van der Waals surface area (Å²) in [5.41, 5.74) is 3.65. The summed E-state index contributed by atoms with van der Waals surface area (Å²) in [6.07, 6.45) is 2.41. The summed E-state index contributed by atoms with van der Waals surface area (Å²) in [5.74, 6) is 0.323. The molecular weight excluding hydrogens is 347 g/mol. The van der Waals surface area contributed by atoms with Crippen LogP contribution in [0.2, 0.25) is 10.0 Å². The van der Waals surface area contributed by atoms with Gasteiger partial charge in [0.1, 0.15) is 5.75 Å². The van der Waals surface area contributed by atoms with Gasteiger partial charge >= 0.3 is 0 Å². The van der Waals surface area contributed by atoms with Crippen molar-refractivity contribution in [3.8, 4) is 5.75 Å². The van der Waals surface area contributed by atoms with E-state index in [9.17, 15) is 4.79 Å². The van der Waals surface area contributed by atoms with Crippen LogP contribution >= 0.6 is 23.2 Å². The van der Waals surface area contributed by atoms with Gasteiger partial charge in [0.15, 0.2) is 6.61 Å². The normalized spacial score (nSPS) is 12.1. The first-order chi connectivity index (χ1) is 11.6. The number of rotatable bonds is 7. The average molecular weight is 365 g/mol. The number of hydrogen-bond acceptors (Lipinski definition) is 3. The van der Waals surface area contributed by atoms with Crippen molar-refractivity contribution < 1.29 is 9.53 Å². The van der Waals surface area contributed by atoms with Crippen molar-refractivity contribution in [2.24, 2.45) is 5.10 Å². The fourth-order valence-corrected chi connectivity index (χ4v) is 2.34. The second kappa shape index (κ2) is 9.30. The summed E-state index contributed by atoms with van der Waals surface area (Å²) >= 11 is 11.8. The zero-order valence-corrected chi connectivity index (χ0v) is 14.7. The van der Waals surface area contributed by atoms with Gasteiger partial charge in [-0.05, 0) is 30.0 Å². The lowest BCUT2D eigenvalue weighted by atomic mass is 9.99. The van der Waals surface area contributed by atoms with Crippen molar-refractivity contribution >= 4 is 35.3 Å². The third kappa shape index (κ3) is 5.87. The molecule has 1 atom stereocenters. The minimum atomic E-state index is -0.366. The summed E-state index contributed by atoms with van der Waals surface area (Å²) in [7, 11) is 0. The Hall–Kier alpha value is -2.04. The Morgan fingerprint density at radius 2 is 2.00 bits per heavy atom. The number of ether oxygens (including phenoxy) is 1. The molecule has 0 aliphatic carbocycles. The lowest BCUT2D eigenvalue weighted by Gasteiger charge is -2.08. The van der Waals surface area contributed by atoms with Crippen LogP contribution in [0.4, 0.5) is 0 Å². The highest BCUT2D eigenvalue weighted by molar-refractivity contribution is 6.34. The van der Waals surface area contributed by atoms with Crippen LogP contribution < -0.4 is 10.2 Å². The first-order valence-corrected chi connectivity index (χ1v) is 8.25. The van der Waals surface area contributed by atoms with E-state index in [-0.39, 0.29) is 12.5 Å². The predicted molar refractivity (Wildman–Crippen MR) is 98.1 cm³/mol. The van der Waals surface area contributed by atoms with Gasteiger partial charge in [0.05, 0.1) is 5.02 Å². The molecule has 0 unspecified atom stereocenters. The topological polar surface area (TPSA) is 50.7 Å². The van der Waals surface area contributed by atoms with E-state index in [0.29, 0.717) is 21.7 Å². The quantitative estimate of drug-likeness (QED) is 0.573. The molecule has 0 radical (unpaired) electrons. The molecule has 1 amide bonds. The third-order valence-electron chi connectivity index (χ3n) is 3.36. The molecule has 0 fully saturated rings. The van der Waals surface area contributed by atoms with Gasteiger partial charge in [-0.3, -0.25) is 4.79 Å². The van der Waals surface area contributed by atoms with Gasteiger partial charge in [-0.1, -0.05) is 60.5 Å². The summed E-state index contributed by atoms with van der Waals surface area (Å²) < 4.78 is 5.32. The van der Waals surface area contributed by atoms with Crippen LogP contribution in [0.3, 0.4) is 0 Å². The van der Waals surface area contributed by atoms with E-state index in [0.717, 1.165) is 6.42 Å². The maximum atomic E-state index is 11.7. The molecule has 6 heteroatoms. The standard InChI is InChI=1S/C18H18Cl2N2O2/c1-13(14-5-3-2-4-6-14)9-10-21-22-18(23)12-24-17-11-15(19)7-8-16(17)20/h2-8,10-11,13H,9,12H2,1H3,(H,22,23)/b21-10-/t13-/m1/s1. The van der Waals surface area contributed by atoms with E-state index >= 15 is 0 Å². The first kappa shape index (κ1) is 18.3. The van der Waals surface area contributed by atoms with E-state index in [1.54, 1.807) is 24.4 Å². The molecule has 0 aliphatic rings. The molecule has 2 rings (SSSR count). The number of carbonyl (C=O) groups excluding carboxylic acids is 1. The SMILES string of the molecule is C[C@H](C/C=N\NC(=O)COc1cc(Cl)ccc1Cl)c1ccccc1. The van der Waals surface area contributed by atoms with Gasteiger partial charge in [0.2, 0.25) is 0 Å². The Balaban J connectivity index is 1.74. The van der Waals surface area contributed by atoms with Crippen LogP contribution in [0.15, 0.2) is 53.6 Å². The lowest BCUT2D eigenvalue weighted by molar-refractivity contribution is -0.123. The second-order valence-corrected chi connectivity index (χ2v) is 6.10. The van der Waals surface area contributed by atoms with Crippen molar-refractivity contribution in [1.29, 1.82) is 0 Å². The number of amides is 1. The van der Waals surface area contributed by atoms with E-state index in [1.165, 1.54) is 5.56 Å². The molecule has 0 bridgehead atoms. The number of carbonyl (C=O) groups is 1. The zero-order chi connectivity index (χ0) is 17.4. The van der Waals surface area contributed by atoms with Gasteiger partial charge < -0.3 is 4.74 Å². The van der Waals surface area contributed by atoms with Crippen LogP contribution in [-0.4, -0.2) is 18.7 Å². The van der Waals surface area contributed by atoms with Crippen molar-refractivity contribution in [3.05, 3.63) is 64.1 Å². The molecule has 0 saturated heterocycles. The smallest absolute Gasteiger partial charge is 0.277 e. The molecule has 1 N–H and O–H groups in total. The average Bonchev–Trinajstić information content (AvgIpc) is 2.60. The maximum Gasteiger partial charge on any atom is 0.277 e. The number of benzene rings is 2. The Labute approximate surface area is 151 Å².